The fourth-order valence-corrected chi connectivity index (χ4v) is 4.58. The summed E-state index contributed by atoms with van der Waals surface area (Å²) in [7, 11) is 0. The highest BCUT2D eigenvalue weighted by molar-refractivity contribution is 5.97. The minimum atomic E-state index is -1.05. The van der Waals surface area contributed by atoms with Crippen LogP contribution in [0.4, 0.5) is 0 Å². The molecule has 1 aliphatic carbocycles. The number of benzene rings is 4. The fraction of sp³-hybridized carbons (Fsp3) is 0.0625. The summed E-state index contributed by atoms with van der Waals surface area (Å²) >= 11 is 0. The van der Waals surface area contributed by atoms with Crippen molar-refractivity contribution < 1.29 is 9.59 Å². The van der Waals surface area contributed by atoms with Gasteiger partial charge in [0.25, 0.3) is 0 Å². The molecule has 0 N–H and O–H groups in total. The molecular weight excluding hydrogens is 416 g/mol. The molecular formula is C32H24O2. The highest BCUT2D eigenvalue weighted by Crippen LogP contribution is 2.41. The first kappa shape index (κ1) is 21.5. The average molecular weight is 441 g/mol. The molecule has 34 heavy (non-hydrogen) atoms. The number of aldehydes is 2. The van der Waals surface area contributed by atoms with Crippen LogP contribution >= 0.6 is 0 Å². The Hall–Kier alpha value is -4.30. The second kappa shape index (κ2) is 9.29. The zero-order valence-corrected chi connectivity index (χ0v) is 18.7. The number of allylic oxidation sites excluding steroid dienone is 4. The van der Waals surface area contributed by atoms with E-state index in [0.29, 0.717) is 6.42 Å². The summed E-state index contributed by atoms with van der Waals surface area (Å²) in [6.07, 6.45) is 7.43. The summed E-state index contributed by atoms with van der Waals surface area (Å²) in [6.45, 7) is 0. The number of rotatable bonds is 6. The van der Waals surface area contributed by atoms with Crippen molar-refractivity contribution in [2.45, 2.75) is 6.42 Å². The van der Waals surface area contributed by atoms with Gasteiger partial charge in [0.15, 0.2) is 0 Å². The molecule has 0 unspecified atom stereocenters. The Morgan fingerprint density at radius 1 is 0.529 bits per heavy atom. The molecule has 164 valence electrons. The number of hydrogen-bond acceptors (Lipinski definition) is 2. The fourth-order valence-electron chi connectivity index (χ4n) is 4.58. The van der Waals surface area contributed by atoms with Gasteiger partial charge in [-0.3, -0.25) is 0 Å². The van der Waals surface area contributed by atoms with E-state index in [4.69, 9.17) is 0 Å². The highest BCUT2D eigenvalue weighted by Gasteiger charge is 2.28. The normalized spacial score (nSPS) is 14.3. The van der Waals surface area contributed by atoms with Gasteiger partial charge in [0, 0.05) is 0 Å². The van der Waals surface area contributed by atoms with Crippen LogP contribution in [-0.2, 0) is 9.59 Å². The minimum absolute atomic E-state index is 0.374. The Labute approximate surface area is 199 Å². The van der Waals surface area contributed by atoms with Gasteiger partial charge in [-0.25, -0.2) is 0 Å². The summed E-state index contributed by atoms with van der Waals surface area (Å²) in [5.41, 5.74) is 7.99. The smallest absolute Gasteiger partial charge is 0.137 e. The standard InChI is InChI=1S/C32H24O2/c33-22-32(23-34)20-18-25(19-21-32)27-13-5-7-15-29(27)31-17-9-8-16-30(31)28-14-6-4-12-26(28)24-10-2-1-3-11-24/h1-20,22-23H,21H2. The Morgan fingerprint density at radius 2 is 0.971 bits per heavy atom. The third kappa shape index (κ3) is 3.95. The van der Waals surface area contributed by atoms with Crippen molar-refractivity contribution in [1.29, 1.82) is 0 Å². The molecule has 0 fully saturated rings. The van der Waals surface area contributed by atoms with Gasteiger partial charge < -0.3 is 9.59 Å². The first-order valence-corrected chi connectivity index (χ1v) is 11.4. The molecule has 0 aliphatic heterocycles. The van der Waals surface area contributed by atoms with Gasteiger partial charge in [-0.1, -0.05) is 121 Å². The van der Waals surface area contributed by atoms with Gasteiger partial charge in [-0.15, -0.1) is 0 Å². The topological polar surface area (TPSA) is 34.1 Å². The summed E-state index contributed by atoms with van der Waals surface area (Å²) < 4.78 is 0. The quantitative estimate of drug-likeness (QED) is 0.231. The number of carbonyl (C=O) groups is 2. The van der Waals surface area contributed by atoms with Crippen LogP contribution < -0.4 is 0 Å². The molecule has 0 radical (unpaired) electrons. The molecule has 0 bridgehead atoms. The van der Waals surface area contributed by atoms with Crippen molar-refractivity contribution in [3.05, 3.63) is 127 Å². The van der Waals surface area contributed by atoms with Gasteiger partial charge in [0.2, 0.25) is 0 Å². The van der Waals surface area contributed by atoms with E-state index in [0.717, 1.165) is 40.4 Å². The summed E-state index contributed by atoms with van der Waals surface area (Å²) in [6, 6.07) is 35.7. The molecule has 0 heterocycles. The van der Waals surface area contributed by atoms with Crippen LogP contribution in [0.25, 0.3) is 39.0 Å². The zero-order chi connectivity index (χ0) is 23.4. The Bertz CT molecular complexity index is 1400. The minimum Gasteiger partial charge on any atom is -0.302 e. The monoisotopic (exact) mass is 440 g/mol. The largest absolute Gasteiger partial charge is 0.302 e. The van der Waals surface area contributed by atoms with Gasteiger partial charge in [0.05, 0.1) is 0 Å². The van der Waals surface area contributed by atoms with Gasteiger partial charge in [-0.05, 0) is 50.9 Å². The molecule has 0 aromatic heterocycles. The van der Waals surface area contributed by atoms with Gasteiger partial charge in [-0.2, -0.15) is 0 Å². The summed E-state index contributed by atoms with van der Waals surface area (Å²) in [4.78, 5) is 23.0. The Balaban J connectivity index is 1.65. The zero-order valence-electron chi connectivity index (χ0n) is 18.7. The lowest BCUT2D eigenvalue weighted by Crippen LogP contribution is -2.22. The van der Waals surface area contributed by atoms with E-state index < -0.39 is 5.41 Å². The van der Waals surface area contributed by atoms with Crippen molar-refractivity contribution in [3.63, 3.8) is 0 Å². The lowest BCUT2D eigenvalue weighted by atomic mass is 9.80. The molecule has 1 aliphatic rings. The Morgan fingerprint density at radius 3 is 1.47 bits per heavy atom. The number of hydrogen-bond donors (Lipinski definition) is 0. The van der Waals surface area contributed by atoms with Crippen molar-refractivity contribution in [2.75, 3.05) is 0 Å². The van der Waals surface area contributed by atoms with Crippen LogP contribution in [0.15, 0.2) is 121 Å². The number of carbonyl (C=O) groups excluding carboxylic acids is 2. The average Bonchev–Trinajstić information content (AvgIpc) is 2.93. The van der Waals surface area contributed by atoms with Gasteiger partial charge in [0.1, 0.15) is 18.0 Å². The predicted molar refractivity (Wildman–Crippen MR) is 139 cm³/mol. The molecule has 0 saturated carbocycles. The van der Waals surface area contributed by atoms with Crippen LogP contribution in [0.2, 0.25) is 0 Å². The molecule has 0 amide bonds. The predicted octanol–water partition coefficient (Wildman–Crippen LogP) is 7.42. The van der Waals surface area contributed by atoms with Gasteiger partial charge >= 0.3 is 0 Å². The maximum Gasteiger partial charge on any atom is 0.137 e. The van der Waals surface area contributed by atoms with E-state index in [1.165, 1.54) is 16.7 Å². The van der Waals surface area contributed by atoms with Crippen molar-refractivity contribution in [1.82, 2.24) is 0 Å². The molecule has 0 spiro atoms. The van der Waals surface area contributed by atoms with Crippen LogP contribution in [0.1, 0.15) is 12.0 Å². The third-order valence-corrected chi connectivity index (χ3v) is 6.44. The van der Waals surface area contributed by atoms with Crippen LogP contribution in [-0.4, -0.2) is 12.6 Å². The molecule has 2 nitrogen and oxygen atoms in total. The first-order chi connectivity index (χ1) is 16.7. The van der Waals surface area contributed by atoms with E-state index in [9.17, 15) is 9.59 Å². The van der Waals surface area contributed by atoms with Crippen LogP contribution in [0.3, 0.4) is 0 Å². The second-order valence-electron chi connectivity index (χ2n) is 8.55. The van der Waals surface area contributed by atoms with E-state index in [1.54, 1.807) is 6.08 Å². The van der Waals surface area contributed by atoms with Crippen LogP contribution in [0.5, 0.6) is 0 Å². The highest BCUT2D eigenvalue weighted by atomic mass is 16.1. The summed E-state index contributed by atoms with van der Waals surface area (Å²) in [5.74, 6) is 0. The van der Waals surface area contributed by atoms with E-state index >= 15 is 0 Å². The molecule has 0 saturated heterocycles. The molecule has 4 aromatic carbocycles. The summed E-state index contributed by atoms with van der Waals surface area (Å²) in [5, 5.41) is 0. The maximum absolute atomic E-state index is 11.5. The second-order valence-corrected chi connectivity index (χ2v) is 8.55. The Kier molecular flexibility index (Phi) is 5.88. The van der Waals surface area contributed by atoms with Crippen LogP contribution in [0, 0.1) is 5.41 Å². The van der Waals surface area contributed by atoms with Crippen molar-refractivity contribution in [3.8, 4) is 33.4 Å². The lowest BCUT2D eigenvalue weighted by Gasteiger charge is -2.22. The van der Waals surface area contributed by atoms with Crippen molar-refractivity contribution in [2.24, 2.45) is 5.41 Å². The van der Waals surface area contributed by atoms with E-state index in [2.05, 4.69) is 84.9 Å². The molecule has 4 aromatic rings. The first-order valence-electron chi connectivity index (χ1n) is 11.4. The molecule has 2 heteroatoms. The van der Waals surface area contributed by atoms with E-state index in [-0.39, 0.29) is 0 Å². The molecule has 5 rings (SSSR count). The third-order valence-electron chi connectivity index (χ3n) is 6.44. The van der Waals surface area contributed by atoms with E-state index in [1.807, 2.05) is 30.4 Å². The maximum atomic E-state index is 11.5. The lowest BCUT2D eigenvalue weighted by molar-refractivity contribution is -0.123. The molecule has 0 atom stereocenters. The SMILES string of the molecule is O=CC1(C=O)C=CC(c2ccccc2-c2ccccc2-c2ccccc2-c2ccccc2)=CC1. The van der Waals surface area contributed by atoms with Crippen molar-refractivity contribution >= 4 is 18.1 Å².